The van der Waals surface area contributed by atoms with Gasteiger partial charge in [0.25, 0.3) is 0 Å². The predicted octanol–water partition coefficient (Wildman–Crippen LogP) is 2.33. The van der Waals surface area contributed by atoms with E-state index in [4.69, 9.17) is 4.52 Å². The number of anilines is 1. The van der Waals surface area contributed by atoms with Gasteiger partial charge in [-0.05, 0) is 32.4 Å². The molecule has 0 spiro atoms. The minimum atomic E-state index is -3.73. The van der Waals surface area contributed by atoms with Crippen LogP contribution in [0.4, 0.5) is 5.82 Å². The number of nitrogens with one attached hydrogen (secondary N) is 1. The highest BCUT2D eigenvalue weighted by Gasteiger charge is 2.26. The van der Waals surface area contributed by atoms with Gasteiger partial charge in [0.05, 0.1) is 11.4 Å². The molecule has 8 heteroatoms. The molecule has 0 aliphatic carbocycles. The molecule has 0 fully saturated rings. The summed E-state index contributed by atoms with van der Waals surface area (Å²) >= 11 is 0. The maximum Gasteiger partial charge on any atom is 0.243 e. The first kappa shape index (κ1) is 18.2. The van der Waals surface area contributed by atoms with E-state index in [2.05, 4.69) is 10.5 Å². The zero-order valence-electron chi connectivity index (χ0n) is 13.9. The van der Waals surface area contributed by atoms with E-state index in [0.717, 1.165) is 5.56 Å². The molecule has 1 aromatic heterocycles. The molecule has 2 aromatic rings. The first-order chi connectivity index (χ1) is 11.3. The fourth-order valence-corrected chi connectivity index (χ4v) is 3.65. The molecule has 2 rings (SSSR count). The van der Waals surface area contributed by atoms with Crippen molar-refractivity contribution in [1.29, 1.82) is 0 Å². The zero-order valence-corrected chi connectivity index (χ0v) is 14.8. The van der Waals surface area contributed by atoms with E-state index < -0.39 is 15.9 Å². The molecule has 0 atom stereocenters. The van der Waals surface area contributed by atoms with E-state index >= 15 is 0 Å². The Labute approximate surface area is 141 Å². The standard InChI is InChI=1S/C16H21N3O4S/c1-4-9-19(11-16(20)17-15-10-13(3)23-18-15)24(21,22)14-7-5-12(2)6-8-14/h5-8,10H,4,9,11H2,1-3H3,(H,17,18,20). The number of hydrogen-bond donors (Lipinski definition) is 1. The van der Waals surface area contributed by atoms with Gasteiger partial charge in [0.2, 0.25) is 15.9 Å². The summed E-state index contributed by atoms with van der Waals surface area (Å²) in [6, 6.07) is 8.12. The summed E-state index contributed by atoms with van der Waals surface area (Å²) < 4.78 is 31.5. The molecular weight excluding hydrogens is 330 g/mol. The quantitative estimate of drug-likeness (QED) is 0.826. The van der Waals surface area contributed by atoms with Crippen molar-refractivity contribution in [1.82, 2.24) is 9.46 Å². The molecule has 0 aliphatic rings. The molecule has 1 heterocycles. The van der Waals surface area contributed by atoms with Crippen molar-refractivity contribution in [2.24, 2.45) is 0 Å². The van der Waals surface area contributed by atoms with E-state index in [1.54, 1.807) is 37.3 Å². The monoisotopic (exact) mass is 351 g/mol. The van der Waals surface area contributed by atoms with E-state index in [9.17, 15) is 13.2 Å². The summed E-state index contributed by atoms with van der Waals surface area (Å²) in [7, 11) is -3.73. The summed E-state index contributed by atoms with van der Waals surface area (Å²) in [6.45, 7) is 5.41. The second-order valence-electron chi connectivity index (χ2n) is 5.52. The first-order valence-corrected chi connectivity index (χ1v) is 9.07. The van der Waals surface area contributed by atoms with Crippen molar-refractivity contribution in [3.63, 3.8) is 0 Å². The van der Waals surface area contributed by atoms with Crippen LogP contribution in [0, 0.1) is 13.8 Å². The number of rotatable bonds is 7. The lowest BCUT2D eigenvalue weighted by Crippen LogP contribution is -2.38. The van der Waals surface area contributed by atoms with Crippen LogP contribution in [0.3, 0.4) is 0 Å². The number of aryl methyl sites for hydroxylation is 2. The van der Waals surface area contributed by atoms with Crippen LogP contribution >= 0.6 is 0 Å². The van der Waals surface area contributed by atoms with Crippen molar-refractivity contribution >= 4 is 21.7 Å². The summed E-state index contributed by atoms with van der Waals surface area (Å²) in [5.74, 6) is 0.358. The highest BCUT2D eigenvalue weighted by molar-refractivity contribution is 7.89. The van der Waals surface area contributed by atoms with Gasteiger partial charge < -0.3 is 9.84 Å². The average molecular weight is 351 g/mol. The Balaban J connectivity index is 2.15. The minimum Gasteiger partial charge on any atom is -0.360 e. The maximum atomic E-state index is 12.7. The van der Waals surface area contributed by atoms with Crippen molar-refractivity contribution in [3.8, 4) is 0 Å². The van der Waals surface area contributed by atoms with Crippen molar-refractivity contribution in [2.75, 3.05) is 18.4 Å². The Kier molecular flexibility index (Phi) is 5.74. The highest BCUT2D eigenvalue weighted by atomic mass is 32.2. The Morgan fingerprint density at radius 2 is 1.92 bits per heavy atom. The molecule has 0 bridgehead atoms. The lowest BCUT2D eigenvalue weighted by molar-refractivity contribution is -0.116. The van der Waals surface area contributed by atoms with Crippen LogP contribution in [0.15, 0.2) is 39.8 Å². The first-order valence-electron chi connectivity index (χ1n) is 7.63. The molecule has 130 valence electrons. The molecule has 0 saturated heterocycles. The fraction of sp³-hybridized carbons (Fsp3) is 0.375. The van der Waals surface area contributed by atoms with Gasteiger partial charge in [-0.15, -0.1) is 0 Å². The predicted molar refractivity (Wildman–Crippen MR) is 90.1 cm³/mol. The van der Waals surface area contributed by atoms with Gasteiger partial charge in [0.15, 0.2) is 5.82 Å². The second-order valence-corrected chi connectivity index (χ2v) is 7.46. The number of benzene rings is 1. The third-order valence-corrected chi connectivity index (χ3v) is 5.21. The molecule has 0 aliphatic heterocycles. The lowest BCUT2D eigenvalue weighted by Gasteiger charge is -2.21. The molecule has 0 unspecified atom stereocenters. The lowest BCUT2D eigenvalue weighted by atomic mass is 10.2. The Morgan fingerprint density at radius 3 is 2.46 bits per heavy atom. The molecule has 1 N–H and O–H groups in total. The van der Waals surface area contributed by atoms with Crippen LogP contribution in [0.2, 0.25) is 0 Å². The van der Waals surface area contributed by atoms with E-state index in [1.165, 1.54) is 4.31 Å². The van der Waals surface area contributed by atoms with Crippen molar-refractivity contribution in [3.05, 3.63) is 41.7 Å². The third kappa shape index (κ3) is 4.42. The SMILES string of the molecule is CCCN(CC(=O)Nc1cc(C)on1)S(=O)(=O)c1ccc(C)cc1. The summed E-state index contributed by atoms with van der Waals surface area (Å²) in [6.07, 6.45) is 0.599. The van der Waals surface area contributed by atoms with Crippen molar-refractivity contribution < 1.29 is 17.7 Å². The van der Waals surface area contributed by atoms with Crippen LogP contribution in [-0.2, 0) is 14.8 Å². The molecule has 1 amide bonds. The second kappa shape index (κ2) is 7.59. The summed E-state index contributed by atoms with van der Waals surface area (Å²) in [5, 5.41) is 6.20. The normalized spacial score (nSPS) is 11.7. The van der Waals surface area contributed by atoms with Crippen LogP contribution in [0.25, 0.3) is 0 Å². The van der Waals surface area contributed by atoms with Crippen LogP contribution in [-0.4, -0.2) is 36.9 Å². The molecule has 0 radical (unpaired) electrons. The van der Waals surface area contributed by atoms with Crippen LogP contribution in [0.1, 0.15) is 24.7 Å². The fourth-order valence-electron chi connectivity index (χ4n) is 2.16. The maximum absolute atomic E-state index is 12.7. The minimum absolute atomic E-state index is 0.173. The molecule has 7 nitrogen and oxygen atoms in total. The van der Waals surface area contributed by atoms with Gasteiger partial charge in [0.1, 0.15) is 5.76 Å². The zero-order chi connectivity index (χ0) is 17.7. The van der Waals surface area contributed by atoms with Gasteiger partial charge in [0, 0.05) is 12.6 Å². The topological polar surface area (TPSA) is 92.5 Å². The smallest absolute Gasteiger partial charge is 0.243 e. The Morgan fingerprint density at radius 1 is 1.25 bits per heavy atom. The van der Waals surface area contributed by atoms with Gasteiger partial charge in [-0.1, -0.05) is 29.8 Å². The number of aromatic nitrogens is 1. The number of hydrogen-bond acceptors (Lipinski definition) is 5. The number of carbonyl (C=O) groups is 1. The van der Waals surface area contributed by atoms with Gasteiger partial charge >= 0.3 is 0 Å². The number of nitrogens with zero attached hydrogens (tertiary/aromatic N) is 2. The van der Waals surface area contributed by atoms with Gasteiger partial charge in [-0.2, -0.15) is 4.31 Å². The molecule has 1 aromatic carbocycles. The molecule has 0 saturated carbocycles. The Hall–Kier alpha value is -2.19. The Bertz CT molecular complexity index is 797. The number of amides is 1. The number of carbonyl (C=O) groups excluding carboxylic acids is 1. The van der Waals surface area contributed by atoms with Crippen molar-refractivity contribution in [2.45, 2.75) is 32.1 Å². The van der Waals surface area contributed by atoms with Crippen LogP contribution < -0.4 is 5.32 Å². The van der Waals surface area contributed by atoms with Crippen LogP contribution in [0.5, 0.6) is 0 Å². The van der Waals surface area contributed by atoms with E-state index in [1.807, 2.05) is 13.8 Å². The summed E-state index contributed by atoms with van der Waals surface area (Å²) in [4.78, 5) is 12.3. The summed E-state index contributed by atoms with van der Waals surface area (Å²) in [5.41, 5.74) is 0.968. The van der Waals surface area contributed by atoms with E-state index in [0.29, 0.717) is 12.2 Å². The largest absolute Gasteiger partial charge is 0.360 e. The average Bonchev–Trinajstić information content (AvgIpc) is 2.92. The van der Waals surface area contributed by atoms with Gasteiger partial charge in [-0.25, -0.2) is 8.42 Å². The van der Waals surface area contributed by atoms with Gasteiger partial charge in [-0.3, -0.25) is 4.79 Å². The number of sulfonamides is 1. The molecular formula is C16H21N3O4S. The van der Waals surface area contributed by atoms with E-state index in [-0.39, 0.29) is 23.8 Å². The third-order valence-electron chi connectivity index (χ3n) is 3.35. The molecule has 24 heavy (non-hydrogen) atoms. The highest BCUT2D eigenvalue weighted by Crippen LogP contribution is 2.17.